The molecule has 2 heteroatoms. The predicted molar refractivity (Wildman–Crippen MR) is 44.1 cm³/mol. The van der Waals surface area contributed by atoms with E-state index in [0.29, 0.717) is 0 Å². The molecule has 2 rings (SSSR count). The Balaban J connectivity index is 2.58. The molecule has 0 N–H and O–H groups in total. The van der Waals surface area contributed by atoms with Crippen molar-refractivity contribution in [2.45, 2.75) is 5.38 Å². The average Bonchev–Trinajstić information content (AvgIpc) is 2.30. The van der Waals surface area contributed by atoms with Crippen LogP contribution < -0.4 is 0 Å². The zero-order valence-electron chi connectivity index (χ0n) is 5.72. The molecule has 0 radical (unpaired) electrons. The van der Waals surface area contributed by atoms with Gasteiger partial charge in [-0.3, -0.25) is 0 Å². The molecule has 0 saturated heterocycles. The van der Waals surface area contributed by atoms with Crippen LogP contribution in [0.4, 0.5) is 4.39 Å². The van der Waals surface area contributed by atoms with E-state index in [9.17, 15) is 4.39 Å². The van der Waals surface area contributed by atoms with Crippen LogP contribution in [-0.4, -0.2) is 0 Å². The molecule has 56 valence electrons. The summed E-state index contributed by atoms with van der Waals surface area (Å²) in [5.74, 6) is -0.257. The number of halogens is 2. The van der Waals surface area contributed by atoms with Crippen LogP contribution in [0, 0.1) is 0 Å². The first-order valence-electron chi connectivity index (χ1n) is 3.39. The highest BCUT2D eigenvalue weighted by molar-refractivity contribution is 6.23. The van der Waals surface area contributed by atoms with E-state index < -0.39 is 5.38 Å². The SMILES string of the molecule is FC1=Cc2ccccc2C1Cl. The van der Waals surface area contributed by atoms with Gasteiger partial charge in [0.1, 0.15) is 11.2 Å². The van der Waals surface area contributed by atoms with Gasteiger partial charge in [-0.25, -0.2) is 4.39 Å². The maximum Gasteiger partial charge on any atom is 0.123 e. The second kappa shape index (κ2) is 2.35. The van der Waals surface area contributed by atoms with E-state index in [1.165, 1.54) is 6.08 Å². The summed E-state index contributed by atoms with van der Waals surface area (Å²) < 4.78 is 12.8. The summed E-state index contributed by atoms with van der Waals surface area (Å²) in [5.41, 5.74) is 1.76. The standard InChI is InChI=1S/C9H6ClF/c10-9-7-4-2-1-3-6(7)5-8(9)11/h1-5,9H. The lowest BCUT2D eigenvalue weighted by Gasteiger charge is -2.00. The first-order chi connectivity index (χ1) is 5.29. The molecule has 1 aromatic rings. The summed E-state index contributed by atoms with van der Waals surface area (Å²) >= 11 is 5.75. The molecule has 0 aromatic heterocycles. The number of benzene rings is 1. The van der Waals surface area contributed by atoms with Crippen LogP contribution in [0.15, 0.2) is 30.1 Å². The highest BCUT2D eigenvalue weighted by Crippen LogP contribution is 2.39. The third-order valence-corrected chi connectivity index (χ3v) is 2.25. The number of hydrogen-bond acceptors (Lipinski definition) is 0. The van der Waals surface area contributed by atoms with Crippen LogP contribution in [0.2, 0.25) is 0 Å². The Kier molecular flexibility index (Phi) is 1.46. The molecule has 0 fully saturated rings. The van der Waals surface area contributed by atoms with Gasteiger partial charge >= 0.3 is 0 Å². The van der Waals surface area contributed by atoms with Crippen LogP contribution in [0.25, 0.3) is 6.08 Å². The van der Waals surface area contributed by atoms with Crippen molar-refractivity contribution >= 4 is 17.7 Å². The molecule has 1 aliphatic rings. The Morgan fingerprint density at radius 2 is 2.00 bits per heavy atom. The number of rotatable bonds is 0. The molecule has 0 saturated carbocycles. The minimum atomic E-state index is -0.564. The van der Waals surface area contributed by atoms with E-state index in [1.807, 2.05) is 24.3 Å². The summed E-state index contributed by atoms with van der Waals surface area (Å²) in [6, 6.07) is 7.44. The van der Waals surface area contributed by atoms with Gasteiger partial charge in [0.25, 0.3) is 0 Å². The monoisotopic (exact) mass is 168 g/mol. The third-order valence-electron chi connectivity index (χ3n) is 1.80. The zero-order valence-corrected chi connectivity index (χ0v) is 6.48. The minimum absolute atomic E-state index is 0.257. The van der Waals surface area contributed by atoms with Crippen molar-refractivity contribution in [3.63, 3.8) is 0 Å². The van der Waals surface area contributed by atoms with Gasteiger partial charge in [0.2, 0.25) is 0 Å². The fourth-order valence-electron chi connectivity index (χ4n) is 1.24. The smallest absolute Gasteiger partial charge is 0.123 e. The third kappa shape index (κ3) is 0.962. The van der Waals surface area contributed by atoms with Gasteiger partial charge in [-0.2, -0.15) is 0 Å². The van der Waals surface area contributed by atoms with Gasteiger partial charge in [-0.05, 0) is 17.2 Å². The van der Waals surface area contributed by atoms with Crippen LogP contribution in [0.1, 0.15) is 16.5 Å². The van der Waals surface area contributed by atoms with Crippen molar-refractivity contribution in [2.75, 3.05) is 0 Å². The summed E-state index contributed by atoms with van der Waals surface area (Å²) in [7, 11) is 0. The molecule has 0 heterocycles. The summed E-state index contributed by atoms with van der Waals surface area (Å²) in [5, 5.41) is -0.564. The zero-order chi connectivity index (χ0) is 7.84. The summed E-state index contributed by atoms with van der Waals surface area (Å²) in [6.45, 7) is 0. The molecule has 1 aromatic carbocycles. The van der Waals surface area contributed by atoms with E-state index in [1.54, 1.807) is 0 Å². The number of allylic oxidation sites excluding steroid dienone is 1. The Morgan fingerprint density at radius 1 is 1.27 bits per heavy atom. The second-order valence-corrected chi connectivity index (χ2v) is 2.96. The van der Waals surface area contributed by atoms with Gasteiger partial charge in [-0.15, -0.1) is 11.6 Å². The van der Waals surface area contributed by atoms with Crippen LogP contribution in [0.5, 0.6) is 0 Å². The van der Waals surface area contributed by atoms with Gasteiger partial charge in [0.05, 0.1) is 0 Å². The lowest BCUT2D eigenvalue weighted by atomic mass is 10.1. The Morgan fingerprint density at radius 3 is 2.73 bits per heavy atom. The average molecular weight is 169 g/mol. The van der Waals surface area contributed by atoms with Gasteiger partial charge in [0, 0.05) is 0 Å². The fraction of sp³-hybridized carbons (Fsp3) is 0.111. The van der Waals surface area contributed by atoms with E-state index in [-0.39, 0.29) is 5.83 Å². The Hall–Kier alpha value is -0.820. The lowest BCUT2D eigenvalue weighted by molar-refractivity contribution is 0.618. The lowest BCUT2D eigenvalue weighted by Crippen LogP contribution is -1.84. The van der Waals surface area contributed by atoms with Crippen LogP contribution in [-0.2, 0) is 0 Å². The van der Waals surface area contributed by atoms with Crippen molar-refractivity contribution in [2.24, 2.45) is 0 Å². The van der Waals surface area contributed by atoms with E-state index >= 15 is 0 Å². The molecule has 1 unspecified atom stereocenters. The highest BCUT2D eigenvalue weighted by atomic mass is 35.5. The number of fused-ring (bicyclic) bond motifs is 1. The summed E-state index contributed by atoms with van der Waals surface area (Å²) in [4.78, 5) is 0. The van der Waals surface area contributed by atoms with E-state index in [2.05, 4.69) is 0 Å². The molecular weight excluding hydrogens is 163 g/mol. The molecule has 1 aliphatic carbocycles. The predicted octanol–water partition coefficient (Wildman–Crippen LogP) is 3.29. The first kappa shape index (κ1) is 6.86. The molecule has 11 heavy (non-hydrogen) atoms. The number of alkyl halides is 1. The minimum Gasteiger partial charge on any atom is -0.210 e. The molecule has 0 aliphatic heterocycles. The highest BCUT2D eigenvalue weighted by Gasteiger charge is 2.22. The quantitative estimate of drug-likeness (QED) is 0.522. The number of hydrogen-bond donors (Lipinski definition) is 0. The molecule has 0 nitrogen and oxygen atoms in total. The van der Waals surface area contributed by atoms with Gasteiger partial charge in [0.15, 0.2) is 0 Å². The van der Waals surface area contributed by atoms with Gasteiger partial charge in [-0.1, -0.05) is 24.3 Å². The second-order valence-electron chi connectivity index (χ2n) is 2.52. The van der Waals surface area contributed by atoms with E-state index in [4.69, 9.17) is 11.6 Å². The first-order valence-corrected chi connectivity index (χ1v) is 3.83. The Labute approximate surface area is 69.3 Å². The maximum atomic E-state index is 12.8. The van der Waals surface area contributed by atoms with Crippen molar-refractivity contribution in [1.82, 2.24) is 0 Å². The molecule has 0 amide bonds. The van der Waals surface area contributed by atoms with Crippen LogP contribution in [0.3, 0.4) is 0 Å². The molecular formula is C9H6ClF. The topological polar surface area (TPSA) is 0 Å². The van der Waals surface area contributed by atoms with Crippen molar-refractivity contribution in [3.05, 3.63) is 41.2 Å². The van der Waals surface area contributed by atoms with Crippen LogP contribution >= 0.6 is 11.6 Å². The van der Waals surface area contributed by atoms with Crippen molar-refractivity contribution in [1.29, 1.82) is 0 Å². The molecule has 0 spiro atoms. The maximum absolute atomic E-state index is 12.8. The Bertz CT molecular complexity index is 317. The molecule has 1 atom stereocenters. The normalized spacial score (nSPS) is 21.3. The van der Waals surface area contributed by atoms with E-state index in [0.717, 1.165) is 11.1 Å². The molecule has 0 bridgehead atoms. The largest absolute Gasteiger partial charge is 0.210 e. The van der Waals surface area contributed by atoms with Crippen molar-refractivity contribution < 1.29 is 4.39 Å². The fourth-order valence-corrected chi connectivity index (χ4v) is 1.51. The van der Waals surface area contributed by atoms with Gasteiger partial charge < -0.3 is 0 Å². The summed E-state index contributed by atoms with van der Waals surface area (Å²) in [6.07, 6.45) is 1.48. The van der Waals surface area contributed by atoms with Crippen molar-refractivity contribution in [3.8, 4) is 0 Å².